The third kappa shape index (κ3) is 2.98. The van der Waals surface area contributed by atoms with Crippen LogP contribution in [0.15, 0.2) is 24.4 Å². The lowest BCUT2D eigenvalue weighted by Crippen LogP contribution is -2.55. The molecule has 0 bridgehead atoms. The maximum atomic E-state index is 4.34. The average Bonchev–Trinajstić information content (AvgIpc) is 3.05. The van der Waals surface area contributed by atoms with E-state index in [1.54, 1.807) is 17.5 Å². The highest BCUT2D eigenvalue weighted by Gasteiger charge is 2.33. The summed E-state index contributed by atoms with van der Waals surface area (Å²) >= 11 is 3.67. The Kier molecular flexibility index (Phi) is 4.27. The van der Waals surface area contributed by atoms with Crippen molar-refractivity contribution in [3.05, 3.63) is 24.4 Å². The number of hydrogen-bond donors (Lipinski definition) is 1. The van der Waals surface area contributed by atoms with Crippen LogP contribution in [0.4, 0.5) is 5.13 Å². The highest BCUT2D eigenvalue weighted by molar-refractivity contribution is 7.99. The lowest BCUT2D eigenvalue weighted by atomic mass is 9.97. The second-order valence-electron chi connectivity index (χ2n) is 5.70. The molecule has 2 saturated heterocycles. The number of rotatable bonds is 3. The molecule has 2 fully saturated rings. The lowest BCUT2D eigenvalue weighted by molar-refractivity contribution is 0.155. The molecule has 2 aliphatic heterocycles. The molecule has 116 valence electrons. The molecule has 5 nitrogen and oxygen atoms in total. The van der Waals surface area contributed by atoms with Crippen LogP contribution in [0, 0.1) is 0 Å². The van der Waals surface area contributed by atoms with Gasteiger partial charge in [-0.15, -0.1) is 10.2 Å². The van der Waals surface area contributed by atoms with Crippen molar-refractivity contribution in [3.63, 3.8) is 0 Å². The van der Waals surface area contributed by atoms with Crippen LogP contribution in [0.1, 0.15) is 12.8 Å². The Hall–Kier alpha value is -1.18. The van der Waals surface area contributed by atoms with Gasteiger partial charge < -0.3 is 5.32 Å². The lowest BCUT2D eigenvalue weighted by Gasteiger charge is -2.44. The van der Waals surface area contributed by atoms with E-state index in [0.717, 1.165) is 15.8 Å². The summed E-state index contributed by atoms with van der Waals surface area (Å²) in [5.41, 5.74) is 0.895. The van der Waals surface area contributed by atoms with Crippen LogP contribution in [-0.4, -0.2) is 56.8 Å². The van der Waals surface area contributed by atoms with Gasteiger partial charge in [0.15, 0.2) is 5.01 Å². The standard InChI is InChI=1S/C15H19N5S2/c1-2-6-16-12(4-1)14-18-19-15(22-14)17-11-5-3-7-20-8-9-21-10-13(11)20/h1-2,4,6,11,13H,3,5,7-10H2,(H,17,19). The highest BCUT2D eigenvalue weighted by Crippen LogP contribution is 2.30. The molecule has 0 aliphatic carbocycles. The molecular weight excluding hydrogens is 314 g/mol. The van der Waals surface area contributed by atoms with E-state index in [2.05, 4.69) is 37.2 Å². The Bertz CT molecular complexity index is 615. The van der Waals surface area contributed by atoms with Crippen LogP contribution in [-0.2, 0) is 0 Å². The van der Waals surface area contributed by atoms with Crippen molar-refractivity contribution >= 4 is 28.2 Å². The number of piperidine rings is 1. The van der Waals surface area contributed by atoms with Crippen LogP contribution in [0.2, 0.25) is 0 Å². The molecule has 0 saturated carbocycles. The van der Waals surface area contributed by atoms with Gasteiger partial charge in [-0.2, -0.15) is 11.8 Å². The maximum Gasteiger partial charge on any atom is 0.206 e. The van der Waals surface area contributed by atoms with Crippen molar-refractivity contribution in [2.45, 2.75) is 24.9 Å². The zero-order valence-electron chi connectivity index (χ0n) is 12.3. The van der Waals surface area contributed by atoms with Crippen molar-refractivity contribution in [2.24, 2.45) is 0 Å². The van der Waals surface area contributed by atoms with E-state index in [4.69, 9.17) is 0 Å². The first kappa shape index (κ1) is 14.4. The van der Waals surface area contributed by atoms with Crippen molar-refractivity contribution < 1.29 is 0 Å². The molecule has 2 aliphatic rings. The summed E-state index contributed by atoms with van der Waals surface area (Å²) in [6.45, 7) is 2.47. The fraction of sp³-hybridized carbons (Fsp3) is 0.533. The smallest absolute Gasteiger partial charge is 0.206 e. The predicted octanol–water partition coefficient (Wildman–Crippen LogP) is 2.59. The summed E-state index contributed by atoms with van der Waals surface area (Å²) in [7, 11) is 0. The Morgan fingerprint density at radius 1 is 1.23 bits per heavy atom. The SMILES string of the molecule is c1ccc(-c2nnc(NC3CCCN4CCSCC34)s2)nc1. The van der Waals surface area contributed by atoms with Crippen LogP contribution in [0.5, 0.6) is 0 Å². The molecule has 2 atom stereocenters. The van der Waals surface area contributed by atoms with E-state index in [0.29, 0.717) is 12.1 Å². The summed E-state index contributed by atoms with van der Waals surface area (Å²) in [6.07, 6.45) is 4.28. The molecule has 0 spiro atoms. The molecule has 1 N–H and O–H groups in total. The first-order chi connectivity index (χ1) is 10.9. The molecule has 2 aromatic rings. The van der Waals surface area contributed by atoms with Gasteiger partial charge in [0.25, 0.3) is 0 Å². The maximum absolute atomic E-state index is 4.34. The second-order valence-corrected chi connectivity index (χ2v) is 7.83. The summed E-state index contributed by atoms with van der Waals surface area (Å²) in [5.74, 6) is 2.50. The fourth-order valence-corrected chi connectivity index (χ4v) is 5.21. The molecule has 2 unspecified atom stereocenters. The van der Waals surface area contributed by atoms with Crippen LogP contribution >= 0.6 is 23.1 Å². The molecule has 7 heteroatoms. The van der Waals surface area contributed by atoms with Gasteiger partial charge in [-0.1, -0.05) is 17.4 Å². The summed E-state index contributed by atoms with van der Waals surface area (Å²) < 4.78 is 0. The van der Waals surface area contributed by atoms with E-state index < -0.39 is 0 Å². The molecule has 4 rings (SSSR count). The molecule has 0 aromatic carbocycles. The first-order valence-electron chi connectivity index (χ1n) is 7.73. The molecule has 0 radical (unpaired) electrons. The molecular formula is C15H19N5S2. The third-order valence-electron chi connectivity index (χ3n) is 4.32. The quantitative estimate of drug-likeness (QED) is 0.932. The summed E-state index contributed by atoms with van der Waals surface area (Å²) in [4.78, 5) is 6.98. The number of thioether (sulfide) groups is 1. The Morgan fingerprint density at radius 2 is 2.23 bits per heavy atom. The largest absolute Gasteiger partial charge is 0.356 e. The van der Waals surface area contributed by atoms with Crippen molar-refractivity contribution in [1.29, 1.82) is 0 Å². The number of fused-ring (bicyclic) bond motifs is 1. The highest BCUT2D eigenvalue weighted by atomic mass is 32.2. The van der Waals surface area contributed by atoms with Gasteiger partial charge in [0.2, 0.25) is 5.13 Å². The van der Waals surface area contributed by atoms with Gasteiger partial charge in [-0.3, -0.25) is 9.88 Å². The van der Waals surface area contributed by atoms with Crippen LogP contribution in [0.25, 0.3) is 10.7 Å². The number of anilines is 1. The van der Waals surface area contributed by atoms with Crippen molar-refractivity contribution in [3.8, 4) is 10.7 Å². The van der Waals surface area contributed by atoms with Gasteiger partial charge in [0.1, 0.15) is 5.69 Å². The molecule has 4 heterocycles. The average molecular weight is 333 g/mol. The van der Waals surface area contributed by atoms with Gasteiger partial charge in [-0.25, -0.2) is 0 Å². The Balaban J connectivity index is 1.48. The number of hydrogen-bond acceptors (Lipinski definition) is 7. The topological polar surface area (TPSA) is 53.9 Å². The molecule has 2 aromatic heterocycles. The second kappa shape index (κ2) is 6.52. The minimum atomic E-state index is 0.492. The predicted molar refractivity (Wildman–Crippen MR) is 92.5 cm³/mol. The van der Waals surface area contributed by atoms with E-state index in [1.165, 1.54) is 37.4 Å². The fourth-order valence-electron chi connectivity index (χ4n) is 3.21. The van der Waals surface area contributed by atoms with E-state index >= 15 is 0 Å². The summed E-state index contributed by atoms with van der Waals surface area (Å²) in [6, 6.07) is 7.00. The third-order valence-corrected chi connectivity index (χ3v) is 6.25. The van der Waals surface area contributed by atoms with Gasteiger partial charge >= 0.3 is 0 Å². The van der Waals surface area contributed by atoms with Gasteiger partial charge in [-0.05, 0) is 31.5 Å². The van der Waals surface area contributed by atoms with Crippen molar-refractivity contribution in [2.75, 3.05) is 29.9 Å². The van der Waals surface area contributed by atoms with Gasteiger partial charge in [0.05, 0.1) is 0 Å². The minimum absolute atomic E-state index is 0.492. The number of pyridine rings is 1. The first-order valence-corrected chi connectivity index (χ1v) is 9.70. The van der Waals surface area contributed by atoms with E-state index in [9.17, 15) is 0 Å². The van der Waals surface area contributed by atoms with Crippen LogP contribution in [0.3, 0.4) is 0 Å². The van der Waals surface area contributed by atoms with E-state index in [1.807, 2.05) is 18.2 Å². The van der Waals surface area contributed by atoms with Crippen molar-refractivity contribution in [1.82, 2.24) is 20.1 Å². The van der Waals surface area contributed by atoms with Gasteiger partial charge in [0, 0.05) is 36.3 Å². The Morgan fingerprint density at radius 3 is 3.14 bits per heavy atom. The normalized spacial score (nSPS) is 25.6. The Labute approximate surface area is 138 Å². The number of nitrogens with one attached hydrogen (secondary N) is 1. The van der Waals surface area contributed by atoms with E-state index in [-0.39, 0.29) is 0 Å². The van der Waals surface area contributed by atoms with Crippen LogP contribution < -0.4 is 5.32 Å². The zero-order valence-corrected chi connectivity index (χ0v) is 13.9. The monoisotopic (exact) mass is 333 g/mol. The molecule has 0 amide bonds. The molecule has 22 heavy (non-hydrogen) atoms. The summed E-state index contributed by atoms with van der Waals surface area (Å²) in [5, 5.41) is 14.0. The minimum Gasteiger partial charge on any atom is -0.356 e. The number of nitrogens with zero attached hydrogens (tertiary/aromatic N) is 4. The zero-order chi connectivity index (χ0) is 14.8. The number of aromatic nitrogens is 3.